The minimum atomic E-state index is 0.489. The second-order valence-corrected chi connectivity index (χ2v) is 3.29. The third-order valence-electron chi connectivity index (χ3n) is 2.38. The van der Waals surface area contributed by atoms with E-state index in [9.17, 15) is 0 Å². The van der Waals surface area contributed by atoms with E-state index < -0.39 is 0 Å². The molecule has 16 heavy (non-hydrogen) atoms. The van der Waals surface area contributed by atoms with E-state index in [-0.39, 0.29) is 0 Å². The highest BCUT2D eigenvalue weighted by Gasteiger charge is 2.12. The number of nitrogens with zero attached hydrogens (tertiary/aromatic N) is 4. The fourth-order valence-electron chi connectivity index (χ4n) is 1.63. The Bertz CT molecular complexity index is 578. The first-order chi connectivity index (χ1) is 7.77. The second-order valence-electron chi connectivity index (χ2n) is 3.29. The minimum absolute atomic E-state index is 0.489. The van der Waals surface area contributed by atoms with Crippen molar-refractivity contribution in [3.63, 3.8) is 0 Å². The molecule has 76 valence electrons. The predicted octanol–water partition coefficient (Wildman–Crippen LogP) is 1.83. The maximum atomic E-state index is 9.04. The van der Waals surface area contributed by atoms with Crippen molar-refractivity contribution in [2.24, 2.45) is 7.05 Å². The van der Waals surface area contributed by atoms with Gasteiger partial charge >= 0.3 is 0 Å². The largest absolute Gasteiger partial charge is 0.268 e. The predicted molar refractivity (Wildman–Crippen MR) is 58.1 cm³/mol. The lowest BCUT2D eigenvalue weighted by Crippen LogP contribution is -1.97. The van der Waals surface area contributed by atoms with Crippen LogP contribution in [0.5, 0.6) is 0 Å². The van der Waals surface area contributed by atoms with Crippen molar-refractivity contribution in [2.75, 3.05) is 0 Å². The second kappa shape index (κ2) is 3.88. The molecule has 0 atom stereocenters. The van der Waals surface area contributed by atoms with Gasteiger partial charge in [-0.1, -0.05) is 6.07 Å². The number of benzene rings is 1. The molecule has 0 saturated carbocycles. The van der Waals surface area contributed by atoms with Crippen LogP contribution in [0.15, 0.2) is 30.5 Å². The van der Waals surface area contributed by atoms with Gasteiger partial charge in [0.25, 0.3) is 0 Å². The first kappa shape index (κ1) is 9.95. The summed E-state index contributed by atoms with van der Waals surface area (Å²) in [5, 5.41) is 22.1. The van der Waals surface area contributed by atoms with Gasteiger partial charge in [0.1, 0.15) is 0 Å². The van der Waals surface area contributed by atoms with Gasteiger partial charge in [0.2, 0.25) is 0 Å². The summed E-state index contributed by atoms with van der Waals surface area (Å²) in [6.45, 7) is 0. The van der Waals surface area contributed by atoms with Gasteiger partial charge in [-0.25, -0.2) is 0 Å². The van der Waals surface area contributed by atoms with Gasteiger partial charge in [-0.3, -0.25) is 4.68 Å². The molecule has 0 amide bonds. The van der Waals surface area contributed by atoms with Gasteiger partial charge < -0.3 is 0 Å². The van der Waals surface area contributed by atoms with Gasteiger partial charge in [-0.15, -0.1) is 0 Å². The van der Waals surface area contributed by atoms with Crippen molar-refractivity contribution >= 4 is 0 Å². The van der Waals surface area contributed by atoms with Crippen LogP contribution in [0.4, 0.5) is 0 Å². The van der Waals surface area contributed by atoms with Crippen LogP contribution in [0.25, 0.3) is 11.3 Å². The summed E-state index contributed by atoms with van der Waals surface area (Å²) >= 11 is 0. The van der Waals surface area contributed by atoms with Crippen LogP contribution in [0, 0.1) is 22.7 Å². The third-order valence-corrected chi connectivity index (χ3v) is 2.38. The molecule has 0 bridgehead atoms. The van der Waals surface area contributed by atoms with E-state index in [0.717, 1.165) is 5.69 Å². The van der Waals surface area contributed by atoms with E-state index in [1.165, 1.54) is 0 Å². The molecule has 0 unspecified atom stereocenters. The number of hydrogen-bond donors (Lipinski definition) is 0. The Morgan fingerprint density at radius 1 is 1.12 bits per heavy atom. The van der Waals surface area contributed by atoms with Crippen LogP contribution in [-0.4, -0.2) is 9.78 Å². The van der Waals surface area contributed by atoms with Gasteiger partial charge in [0.15, 0.2) is 0 Å². The summed E-state index contributed by atoms with van der Waals surface area (Å²) in [5.41, 5.74) is 2.39. The number of nitriles is 2. The standard InChI is InChI=1S/C12H8N4/c1-16-11(5-6-15-16)12-9(7-13)3-2-4-10(12)8-14/h2-6H,1H3. The molecule has 0 spiro atoms. The molecule has 2 aromatic rings. The molecule has 0 saturated heterocycles. The summed E-state index contributed by atoms with van der Waals surface area (Å²) in [6.07, 6.45) is 1.64. The zero-order valence-electron chi connectivity index (χ0n) is 8.68. The van der Waals surface area contributed by atoms with Crippen LogP contribution in [0.2, 0.25) is 0 Å². The van der Waals surface area contributed by atoms with Crippen LogP contribution >= 0.6 is 0 Å². The number of aryl methyl sites for hydroxylation is 1. The number of hydrogen-bond acceptors (Lipinski definition) is 3. The topological polar surface area (TPSA) is 65.4 Å². The zero-order chi connectivity index (χ0) is 11.5. The molecule has 0 aliphatic rings. The van der Waals surface area contributed by atoms with Gasteiger partial charge in [0.05, 0.1) is 29.0 Å². The normalized spacial score (nSPS) is 9.44. The van der Waals surface area contributed by atoms with Crippen molar-refractivity contribution in [2.45, 2.75) is 0 Å². The Morgan fingerprint density at radius 3 is 2.19 bits per heavy atom. The molecule has 0 radical (unpaired) electrons. The molecule has 4 heteroatoms. The summed E-state index contributed by atoms with van der Waals surface area (Å²) in [7, 11) is 1.78. The Labute approximate surface area is 93.0 Å². The molecular weight excluding hydrogens is 200 g/mol. The third kappa shape index (κ3) is 1.43. The Morgan fingerprint density at radius 2 is 1.75 bits per heavy atom. The monoisotopic (exact) mass is 208 g/mol. The van der Waals surface area contributed by atoms with E-state index in [0.29, 0.717) is 16.7 Å². The summed E-state index contributed by atoms with van der Waals surface area (Å²) < 4.78 is 1.65. The van der Waals surface area contributed by atoms with Gasteiger partial charge in [-0.05, 0) is 18.2 Å². The van der Waals surface area contributed by atoms with E-state index in [2.05, 4.69) is 17.2 Å². The summed E-state index contributed by atoms with van der Waals surface area (Å²) in [6, 6.07) is 11.1. The Hall–Kier alpha value is -2.59. The Kier molecular flexibility index (Phi) is 2.41. The minimum Gasteiger partial charge on any atom is -0.268 e. The van der Waals surface area contributed by atoms with Gasteiger partial charge in [-0.2, -0.15) is 15.6 Å². The highest BCUT2D eigenvalue weighted by atomic mass is 15.3. The maximum absolute atomic E-state index is 9.04. The molecule has 1 heterocycles. The number of aromatic nitrogens is 2. The maximum Gasteiger partial charge on any atom is 0.0999 e. The molecular formula is C12H8N4. The first-order valence-corrected chi connectivity index (χ1v) is 4.69. The lowest BCUT2D eigenvalue weighted by atomic mass is 9.99. The quantitative estimate of drug-likeness (QED) is 0.718. The van der Waals surface area contributed by atoms with Crippen LogP contribution in [0.1, 0.15) is 11.1 Å². The van der Waals surface area contributed by atoms with Crippen LogP contribution in [0.3, 0.4) is 0 Å². The lowest BCUT2D eigenvalue weighted by molar-refractivity contribution is 0.775. The lowest BCUT2D eigenvalue weighted by Gasteiger charge is -2.06. The SMILES string of the molecule is Cn1nccc1-c1c(C#N)cccc1C#N. The van der Waals surface area contributed by atoms with E-state index in [1.807, 2.05) is 0 Å². The molecule has 0 aliphatic carbocycles. The van der Waals surface area contributed by atoms with Crippen LogP contribution < -0.4 is 0 Å². The van der Waals surface area contributed by atoms with Crippen molar-refractivity contribution in [3.8, 4) is 23.4 Å². The number of rotatable bonds is 1. The van der Waals surface area contributed by atoms with Crippen molar-refractivity contribution < 1.29 is 0 Å². The molecule has 1 aromatic carbocycles. The molecule has 1 aromatic heterocycles. The fourth-order valence-corrected chi connectivity index (χ4v) is 1.63. The van der Waals surface area contributed by atoms with E-state index in [1.54, 1.807) is 42.2 Å². The van der Waals surface area contributed by atoms with Crippen molar-refractivity contribution in [1.82, 2.24) is 9.78 Å². The highest BCUT2D eigenvalue weighted by molar-refractivity contribution is 5.74. The van der Waals surface area contributed by atoms with Crippen molar-refractivity contribution in [1.29, 1.82) is 10.5 Å². The van der Waals surface area contributed by atoms with Gasteiger partial charge in [0, 0.05) is 18.8 Å². The summed E-state index contributed by atoms with van der Waals surface area (Å²) in [4.78, 5) is 0. The fraction of sp³-hybridized carbons (Fsp3) is 0.0833. The smallest absolute Gasteiger partial charge is 0.0999 e. The molecule has 0 aliphatic heterocycles. The average molecular weight is 208 g/mol. The Balaban J connectivity index is 2.79. The molecule has 2 rings (SSSR count). The van der Waals surface area contributed by atoms with Crippen molar-refractivity contribution in [3.05, 3.63) is 41.6 Å². The molecule has 0 N–H and O–H groups in total. The summed E-state index contributed by atoms with van der Waals surface area (Å²) in [5.74, 6) is 0. The van der Waals surface area contributed by atoms with Crippen LogP contribution in [-0.2, 0) is 7.05 Å². The zero-order valence-corrected chi connectivity index (χ0v) is 8.68. The van der Waals surface area contributed by atoms with E-state index in [4.69, 9.17) is 10.5 Å². The first-order valence-electron chi connectivity index (χ1n) is 4.69. The highest BCUT2D eigenvalue weighted by Crippen LogP contribution is 2.26. The molecule has 4 nitrogen and oxygen atoms in total. The molecule has 0 fully saturated rings. The average Bonchev–Trinajstić information content (AvgIpc) is 2.74. The van der Waals surface area contributed by atoms with E-state index >= 15 is 0 Å².